The predicted molar refractivity (Wildman–Crippen MR) is 82.2 cm³/mol. The Morgan fingerprint density at radius 1 is 1.17 bits per heavy atom. The van der Waals surface area contributed by atoms with E-state index >= 15 is 0 Å². The van der Waals surface area contributed by atoms with Crippen molar-refractivity contribution in [3.05, 3.63) is 28.7 Å². The maximum absolute atomic E-state index is 12.2. The van der Waals surface area contributed by atoms with Crippen LogP contribution in [0.1, 0.15) is 34.6 Å². The van der Waals surface area contributed by atoms with Crippen LogP contribution in [0, 0.1) is 0 Å². The summed E-state index contributed by atoms with van der Waals surface area (Å²) in [5.74, 6) is -0.502. The highest BCUT2D eigenvalue weighted by Gasteiger charge is 2.31. The molecule has 2 rings (SSSR count). The minimum Gasteiger partial charge on any atom is -0.443 e. The fourth-order valence-electron chi connectivity index (χ4n) is 1.78. The number of hydrogen-bond donors (Lipinski definition) is 1. The Balaban J connectivity index is 0.00000139. The van der Waals surface area contributed by atoms with Gasteiger partial charge in [0.25, 0.3) is 0 Å². The first-order valence-corrected chi connectivity index (χ1v) is 7.20. The van der Waals surface area contributed by atoms with Gasteiger partial charge in [0.05, 0.1) is 11.0 Å². The van der Waals surface area contributed by atoms with E-state index in [2.05, 4.69) is 9.72 Å². The molecular formula is C15H19F3N2O4. The Bertz CT molecular complexity index is 770. The third-order valence-electron chi connectivity index (χ3n) is 2.46. The molecular weight excluding hydrogens is 329 g/mol. The van der Waals surface area contributed by atoms with E-state index in [0.717, 1.165) is 18.2 Å². The van der Waals surface area contributed by atoms with Crippen LogP contribution >= 0.6 is 0 Å². The van der Waals surface area contributed by atoms with E-state index in [0.29, 0.717) is 4.57 Å². The van der Waals surface area contributed by atoms with Crippen molar-refractivity contribution in [2.45, 2.75) is 46.6 Å². The van der Waals surface area contributed by atoms with Crippen LogP contribution in [0.5, 0.6) is 5.75 Å². The molecule has 0 aliphatic carbocycles. The molecule has 0 bridgehead atoms. The van der Waals surface area contributed by atoms with Crippen LogP contribution in [-0.2, 0) is 4.74 Å². The van der Waals surface area contributed by atoms with Crippen molar-refractivity contribution in [1.29, 1.82) is 0 Å². The van der Waals surface area contributed by atoms with Gasteiger partial charge in [-0.25, -0.2) is 9.59 Å². The summed E-state index contributed by atoms with van der Waals surface area (Å²) in [4.78, 5) is 26.1. The lowest BCUT2D eigenvalue weighted by Gasteiger charge is -2.19. The summed E-state index contributed by atoms with van der Waals surface area (Å²) in [6, 6.07) is 3.15. The number of fused-ring (bicyclic) bond motifs is 1. The van der Waals surface area contributed by atoms with Gasteiger partial charge in [0.15, 0.2) is 0 Å². The molecule has 0 atom stereocenters. The molecule has 24 heavy (non-hydrogen) atoms. The molecule has 0 unspecified atom stereocenters. The predicted octanol–water partition coefficient (Wildman–Crippen LogP) is 4.04. The molecule has 0 saturated heterocycles. The maximum Gasteiger partial charge on any atom is 0.573 e. The van der Waals surface area contributed by atoms with Gasteiger partial charge in [-0.1, -0.05) is 13.8 Å². The highest BCUT2D eigenvalue weighted by molar-refractivity contribution is 5.87. The molecule has 1 N–H and O–H groups in total. The largest absolute Gasteiger partial charge is 0.573 e. The molecule has 1 heterocycles. The van der Waals surface area contributed by atoms with Gasteiger partial charge in [-0.05, 0) is 32.9 Å². The number of imidazole rings is 1. The number of nitrogens with one attached hydrogen (secondary N) is 1. The number of aromatic amines is 1. The standard InChI is InChI=1S/C13H13F3N2O4.C2H6/c1-12(2,3)22-11(20)18-9-5-4-7(21-13(14,15)16)6-8(9)17-10(18)19;1-2/h4-6H,1-3H3,(H,17,19);1-2H3. The van der Waals surface area contributed by atoms with Gasteiger partial charge in [-0.3, -0.25) is 0 Å². The number of rotatable bonds is 1. The van der Waals surface area contributed by atoms with Gasteiger partial charge in [-0.2, -0.15) is 4.57 Å². The van der Waals surface area contributed by atoms with E-state index in [1.165, 1.54) is 0 Å². The fraction of sp³-hybridized carbons (Fsp3) is 0.467. The molecule has 0 spiro atoms. The Hall–Kier alpha value is -2.45. The second-order valence-electron chi connectivity index (χ2n) is 5.47. The van der Waals surface area contributed by atoms with Crippen LogP contribution in [0.3, 0.4) is 0 Å². The van der Waals surface area contributed by atoms with Crippen molar-refractivity contribution < 1.29 is 27.4 Å². The number of halogens is 3. The Kier molecular flexibility index (Phi) is 5.70. The summed E-state index contributed by atoms with van der Waals surface area (Å²) in [5.41, 5.74) is -1.51. The van der Waals surface area contributed by atoms with E-state index in [9.17, 15) is 22.8 Å². The molecule has 9 heteroatoms. The maximum atomic E-state index is 12.2. The molecule has 2 aromatic rings. The SMILES string of the molecule is CC.CC(C)(C)OC(=O)n1c(=O)[nH]c2cc(OC(F)(F)F)ccc21. The van der Waals surface area contributed by atoms with Crippen LogP contribution in [0.15, 0.2) is 23.0 Å². The zero-order chi connectivity index (χ0) is 18.7. The second-order valence-corrected chi connectivity index (χ2v) is 5.47. The number of ether oxygens (including phenoxy) is 2. The molecule has 0 fully saturated rings. The zero-order valence-corrected chi connectivity index (χ0v) is 13.9. The van der Waals surface area contributed by atoms with Crippen molar-refractivity contribution in [3.63, 3.8) is 0 Å². The number of carbonyl (C=O) groups is 1. The third-order valence-corrected chi connectivity index (χ3v) is 2.46. The minimum atomic E-state index is -4.85. The lowest BCUT2D eigenvalue weighted by atomic mass is 10.2. The van der Waals surface area contributed by atoms with Crippen LogP contribution in [-0.4, -0.2) is 27.6 Å². The Morgan fingerprint density at radius 2 is 1.75 bits per heavy atom. The highest BCUT2D eigenvalue weighted by Crippen LogP contribution is 2.25. The highest BCUT2D eigenvalue weighted by atomic mass is 19.4. The van der Waals surface area contributed by atoms with E-state index < -0.39 is 29.5 Å². The van der Waals surface area contributed by atoms with Gasteiger partial charge >= 0.3 is 18.1 Å². The smallest absolute Gasteiger partial charge is 0.443 e. The fourth-order valence-corrected chi connectivity index (χ4v) is 1.78. The van der Waals surface area contributed by atoms with Crippen LogP contribution in [0.4, 0.5) is 18.0 Å². The summed E-state index contributed by atoms with van der Waals surface area (Å²) < 4.78 is 46.0. The van der Waals surface area contributed by atoms with Gasteiger partial charge in [0.1, 0.15) is 11.4 Å². The summed E-state index contributed by atoms with van der Waals surface area (Å²) in [7, 11) is 0. The van der Waals surface area contributed by atoms with Gasteiger partial charge < -0.3 is 14.5 Å². The first-order valence-electron chi connectivity index (χ1n) is 7.20. The number of benzene rings is 1. The quantitative estimate of drug-likeness (QED) is 0.844. The number of hydrogen-bond acceptors (Lipinski definition) is 4. The number of aromatic nitrogens is 2. The zero-order valence-electron chi connectivity index (χ0n) is 13.9. The number of alkyl halides is 3. The van der Waals surface area contributed by atoms with E-state index in [1.807, 2.05) is 13.8 Å². The minimum absolute atomic E-state index is 0.0256. The number of nitrogens with zero attached hydrogens (tertiary/aromatic N) is 1. The monoisotopic (exact) mass is 348 g/mol. The van der Waals surface area contributed by atoms with Crippen molar-refractivity contribution in [3.8, 4) is 5.75 Å². The lowest BCUT2D eigenvalue weighted by molar-refractivity contribution is -0.274. The van der Waals surface area contributed by atoms with Crippen molar-refractivity contribution in [1.82, 2.24) is 9.55 Å². The summed E-state index contributed by atoms with van der Waals surface area (Å²) in [6.45, 7) is 8.88. The molecule has 0 saturated carbocycles. The number of H-pyrrole nitrogens is 1. The normalized spacial score (nSPS) is 11.7. The molecule has 0 amide bonds. The number of carbonyl (C=O) groups excluding carboxylic acids is 1. The van der Waals surface area contributed by atoms with Gasteiger partial charge in [0, 0.05) is 6.07 Å². The summed E-state index contributed by atoms with van der Waals surface area (Å²) in [5, 5.41) is 0. The molecule has 0 radical (unpaired) electrons. The topological polar surface area (TPSA) is 73.3 Å². The lowest BCUT2D eigenvalue weighted by Crippen LogP contribution is -2.32. The Labute approximate surface area is 136 Å². The molecule has 0 aliphatic rings. The average Bonchev–Trinajstić information content (AvgIpc) is 2.72. The molecule has 1 aromatic carbocycles. The van der Waals surface area contributed by atoms with Crippen molar-refractivity contribution in [2.75, 3.05) is 0 Å². The van der Waals surface area contributed by atoms with Gasteiger partial charge in [0.2, 0.25) is 0 Å². The average molecular weight is 348 g/mol. The second kappa shape index (κ2) is 6.98. The van der Waals surface area contributed by atoms with Crippen LogP contribution < -0.4 is 10.4 Å². The molecule has 134 valence electrons. The van der Waals surface area contributed by atoms with Crippen molar-refractivity contribution in [2.24, 2.45) is 0 Å². The molecule has 0 aliphatic heterocycles. The first-order chi connectivity index (χ1) is 11.0. The van der Waals surface area contributed by atoms with Crippen LogP contribution in [0.25, 0.3) is 11.0 Å². The van der Waals surface area contributed by atoms with E-state index in [4.69, 9.17) is 4.74 Å². The summed E-state index contributed by atoms with van der Waals surface area (Å²) >= 11 is 0. The van der Waals surface area contributed by atoms with E-state index in [-0.39, 0.29) is 11.0 Å². The Morgan fingerprint density at radius 3 is 2.25 bits per heavy atom. The van der Waals surface area contributed by atoms with E-state index in [1.54, 1.807) is 20.8 Å². The summed E-state index contributed by atoms with van der Waals surface area (Å²) in [6.07, 6.45) is -5.77. The van der Waals surface area contributed by atoms with Gasteiger partial charge in [-0.15, -0.1) is 13.2 Å². The van der Waals surface area contributed by atoms with Crippen molar-refractivity contribution >= 4 is 17.1 Å². The third kappa shape index (κ3) is 5.04. The molecule has 1 aromatic heterocycles. The molecule has 6 nitrogen and oxygen atoms in total. The van der Waals surface area contributed by atoms with Crippen LogP contribution in [0.2, 0.25) is 0 Å². The first kappa shape index (κ1) is 19.6.